The number of hydrogen-bond donors (Lipinski definition) is 1. The molecule has 0 aromatic carbocycles. The van der Waals surface area contributed by atoms with E-state index in [2.05, 4.69) is 30.0 Å². The lowest BCUT2D eigenvalue weighted by Gasteiger charge is -2.32. The number of aryl methyl sites for hydroxylation is 2. The van der Waals surface area contributed by atoms with Gasteiger partial charge in [0.1, 0.15) is 0 Å². The second kappa shape index (κ2) is 6.34. The minimum absolute atomic E-state index is 0.794. The normalized spacial score (nSPS) is 21.4. The summed E-state index contributed by atoms with van der Waals surface area (Å²) in [6.45, 7) is 6.43. The van der Waals surface area contributed by atoms with Crippen LogP contribution in [0.4, 0.5) is 0 Å². The van der Waals surface area contributed by atoms with Crippen LogP contribution in [0.5, 0.6) is 0 Å². The van der Waals surface area contributed by atoms with E-state index in [0.717, 1.165) is 25.4 Å². The number of nitrogens with zero attached hydrogens (tertiary/aromatic N) is 3. The fourth-order valence-corrected chi connectivity index (χ4v) is 2.89. The highest BCUT2D eigenvalue weighted by molar-refractivity contribution is 5.10. The molecule has 1 aliphatic rings. The number of piperidine rings is 1. The van der Waals surface area contributed by atoms with Crippen LogP contribution in [0.2, 0.25) is 0 Å². The zero-order valence-electron chi connectivity index (χ0n) is 11.7. The Balaban J connectivity index is 1.93. The lowest BCUT2D eigenvalue weighted by Crippen LogP contribution is -2.36. The molecule has 2 rings (SSSR count). The molecule has 0 aliphatic carbocycles. The van der Waals surface area contributed by atoms with Crippen LogP contribution >= 0.6 is 0 Å². The van der Waals surface area contributed by atoms with Crippen LogP contribution in [-0.4, -0.2) is 34.3 Å². The minimum atomic E-state index is 0.794. The van der Waals surface area contributed by atoms with Gasteiger partial charge in [0.05, 0.1) is 11.4 Å². The van der Waals surface area contributed by atoms with Crippen molar-refractivity contribution >= 4 is 0 Å². The molecule has 1 unspecified atom stereocenters. The van der Waals surface area contributed by atoms with Crippen molar-refractivity contribution in [3.05, 3.63) is 17.5 Å². The quantitative estimate of drug-likeness (QED) is 0.862. The highest BCUT2D eigenvalue weighted by Gasteiger charge is 2.20. The van der Waals surface area contributed by atoms with Crippen molar-refractivity contribution in [3.63, 3.8) is 0 Å². The highest BCUT2D eigenvalue weighted by Crippen LogP contribution is 2.20. The standard InChI is InChI=1S/C14H26N4/c1-3-13-9-14(17(2)16-13)11-18-8-4-5-12(10-18)6-7-15/h9,12H,3-8,10-11,15H2,1-2H3. The highest BCUT2D eigenvalue weighted by atomic mass is 15.3. The Morgan fingerprint density at radius 1 is 1.50 bits per heavy atom. The Hall–Kier alpha value is -0.870. The SMILES string of the molecule is CCc1cc(CN2CCCC(CCN)C2)n(C)n1. The molecule has 0 spiro atoms. The molecule has 0 saturated carbocycles. The van der Waals surface area contributed by atoms with Gasteiger partial charge in [-0.05, 0) is 50.8 Å². The van der Waals surface area contributed by atoms with Crippen molar-refractivity contribution < 1.29 is 0 Å². The van der Waals surface area contributed by atoms with E-state index in [0.29, 0.717) is 0 Å². The lowest BCUT2D eigenvalue weighted by molar-refractivity contribution is 0.160. The third-order valence-corrected chi connectivity index (χ3v) is 3.95. The second-order valence-corrected chi connectivity index (χ2v) is 5.42. The van der Waals surface area contributed by atoms with E-state index in [1.807, 2.05) is 4.68 Å². The topological polar surface area (TPSA) is 47.1 Å². The molecule has 0 bridgehead atoms. The number of rotatable bonds is 5. The van der Waals surface area contributed by atoms with Crippen LogP contribution in [0, 0.1) is 5.92 Å². The summed E-state index contributed by atoms with van der Waals surface area (Å²) in [6, 6.07) is 2.24. The first kappa shape index (κ1) is 13.6. The smallest absolute Gasteiger partial charge is 0.0625 e. The molecule has 2 N–H and O–H groups in total. The van der Waals surface area contributed by atoms with Gasteiger partial charge in [0.2, 0.25) is 0 Å². The van der Waals surface area contributed by atoms with Gasteiger partial charge >= 0.3 is 0 Å². The Bertz CT molecular complexity index is 370. The Morgan fingerprint density at radius 2 is 2.33 bits per heavy atom. The number of likely N-dealkylation sites (tertiary alicyclic amines) is 1. The number of hydrogen-bond acceptors (Lipinski definition) is 3. The van der Waals surface area contributed by atoms with E-state index in [-0.39, 0.29) is 0 Å². The summed E-state index contributed by atoms with van der Waals surface area (Å²) in [4.78, 5) is 2.56. The van der Waals surface area contributed by atoms with Crippen LogP contribution in [0.1, 0.15) is 37.6 Å². The largest absolute Gasteiger partial charge is 0.330 e. The molecule has 1 atom stereocenters. The summed E-state index contributed by atoms with van der Waals surface area (Å²) in [5.74, 6) is 0.794. The summed E-state index contributed by atoms with van der Waals surface area (Å²) in [5.41, 5.74) is 8.20. The van der Waals surface area contributed by atoms with Gasteiger partial charge < -0.3 is 5.73 Å². The first-order valence-electron chi connectivity index (χ1n) is 7.17. The Morgan fingerprint density at radius 3 is 3.00 bits per heavy atom. The summed E-state index contributed by atoms with van der Waals surface area (Å²) in [5, 5.41) is 4.52. The van der Waals surface area contributed by atoms with E-state index in [1.165, 1.54) is 43.7 Å². The first-order valence-corrected chi connectivity index (χ1v) is 7.17. The second-order valence-electron chi connectivity index (χ2n) is 5.42. The summed E-state index contributed by atoms with van der Waals surface area (Å²) < 4.78 is 2.03. The van der Waals surface area contributed by atoms with Crippen molar-refractivity contribution in [2.75, 3.05) is 19.6 Å². The molecule has 0 amide bonds. The van der Waals surface area contributed by atoms with Crippen LogP contribution in [0.25, 0.3) is 0 Å². The molecule has 2 heterocycles. The van der Waals surface area contributed by atoms with E-state index < -0.39 is 0 Å². The lowest BCUT2D eigenvalue weighted by atomic mass is 9.95. The zero-order chi connectivity index (χ0) is 13.0. The molecule has 1 fully saturated rings. The minimum Gasteiger partial charge on any atom is -0.330 e. The van der Waals surface area contributed by atoms with Crippen molar-refractivity contribution in [3.8, 4) is 0 Å². The molecule has 18 heavy (non-hydrogen) atoms. The Labute approximate surface area is 110 Å². The van der Waals surface area contributed by atoms with Crippen molar-refractivity contribution in [2.24, 2.45) is 18.7 Å². The van der Waals surface area contributed by atoms with Gasteiger partial charge in [0, 0.05) is 20.1 Å². The van der Waals surface area contributed by atoms with Crippen molar-refractivity contribution in [2.45, 2.75) is 39.2 Å². The summed E-state index contributed by atoms with van der Waals surface area (Å²) >= 11 is 0. The maximum Gasteiger partial charge on any atom is 0.0625 e. The van der Waals surface area contributed by atoms with Crippen molar-refractivity contribution in [1.29, 1.82) is 0 Å². The van der Waals surface area contributed by atoms with Gasteiger partial charge in [-0.1, -0.05) is 6.92 Å². The molecular formula is C14H26N4. The maximum absolute atomic E-state index is 5.67. The molecule has 4 heteroatoms. The molecule has 1 aliphatic heterocycles. The fourth-order valence-electron chi connectivity index (χ4n) is 2.89. The average molecular weight is 250 g/mol. The average Bonchev–Trinajstić information content (AvgIpc) is 2.71. The predicted molar refractivity (Wildman–Crippen MR) is 74.3 cm³/mol. The number of aromatic nitrogens is 2. The maximum atomic E-state index is 5.67. The third-order valence-electron chi connectivity index (χ3n) is 3.95. The molecule has 1 aromatic rings. The van der Waals surface area contributed by atoms with Crippen LogP contribution in [0.15, 0.2) is 6.07 Å². The van der Waals surface area contributed by atoms with Gasteiger partial charge in [0.25, 0.3) is 0 Å². The van der Waals surface area contributed by atoms with E-state index >= 15 is 0 Å². The predicted octanol–water partition coefficient (Wildman–Crippen LogP) is 1.54. The van der Waals surface area contributed by atoms with E-state index in [4.69, 9.17) is 5.73 Å². The molecule has 4 nitrogen and oxygen atoms in total. The zero-order valence-corrected chi connectivity index (χ0v) is 11.7. The Kier molecular flexibility index (Phi) is 4.78. The van der Waals surface area contributed by atoms with Crippen LogP contribution in [-0.2, 0) is 20.0 Å². The van der Waals surface area contributed by atoms with Gasteiger partial charge in [-0.2, -0.15) is 5.10 Å². The summed E-state index contributed by atoms with van der Waals surface area (Å²) in [6.07, 6.45) is 4.84. The van der Waals surface area contributed by atoms with Gasteiger partial charge in [0.15, 0.2) is 0 Å². The van der Waals surface area contributed by atoms with Gasteiger partial charge in [-0.3, -0.25) is 9.58 Å². The van der Waals surface area contributed by atoms with E-state index in [1.54, 1.807) is 0 Å². The molecule has 1 aromatic heterocycles. The van der Waals surface area contributed by atoms with Gasteiger partial charge in [-0.25, -0.2) is 0 Å². The molecule has 0 radical (unpaired) electrons. The van der Waals surface area contributed by atoms with Gasteiger partial charge in [-0.15, -0.1) is 0 Å². The fraction of sp³-hybridized carbons (Fsp3) is 0.786. The first-order chi connectivity index (χ1) is 8.72. The van der Waals surface area contributed by atoms with Crippen LogP contribution in [0.3, 0.4) is 0 Å². The third kappa shape index (κ3) is 3.33. The van der Waals surface area contributed by atoms with Crippen LogP contribution < -0.4 is 5.73 Å². The molecule has 1 saturated heterocycles. The molecular weight excluding hydrogens is 224 g/mol. The van der Waals surface area contributed by atoms with Crippen molar-refractivity contribution in [1.82, 2.24) is 14.7 Å². The number of nitrogens with two attached hydrogens (primary N) is 1. The molecule has 102 valence electrons. The summed E-state index contributed by atoms with van der Waals surface area (Å²) in [7, 11) is 2.05. The van der Waals surface area contributed by atoms with E-state index in [9.17, 15) is 0 Å². The monoisotopic (exact) mass is 250 g/mol.